The number of hydrogen-bond donors (Lipinski definition) is 3. The van der Waals surface area contributed by atoms with Crippen LogP contribution in [-0.2, 0) is 14.6 Å². The zero-order valence-electron chi connectivity index (χ0n) is 12.3. The number of carboxylic acids is 1. The van der Waals surface area contributed by atoms with Crippen LogP contribution in [0.5, 0.6) is 0 Å². The first-order valence-electron chi connectivity index (χ1n) is 6.91. The summed E-state index contributed by atoms with van der Waals surface area (Å²) in [6, 6.07) is 7.80. The van der Waals surface area contributed by atoms with Crippen molar-refractivity contribution < 1.29 is 31.5 Å². The number of hydrogen-bond acceptors (Lipinski definition) is 4. The van der Waals surface area contributed by atoms with Crippen molar-refractivity contribution in [1.82, 2.24) is 10.3 Å². The molecule has 0 aliphatic carbocycles. The van der Waals surface area contributed by atoms with Crippen molar-refractivity contribution in [2.24, 2.45) is 0 Å². The van der Waals surface area contributed by atoms with E-state index in [1.54, 1.807) is 0 Å². The van der Waals surface area contributed by atoms with E-state index < -0.39 is 27.2 Å². The lowest BCUT2D eigenvalue weighted by Gasteiger charge is -2.22. The molecule has 1 unspecified atom stereocenters. The lowest BCUT2D eigenvalue weighted by Crippen LogP contribution is -2.38. The van der Waals surface area contributed by atoms with Crippen molar-refractivity contribution in [3.8, 4) is 0 Å². The number of benzene rings is 1. The second-order valence-electron chi connectivity index (χ2n) is 5.15. The van der Waals surface area contributed by atoms with Crippen LogP contribution in [0, 0.1) is 0 Å². The zero-order valence-corrected chi connectivity index (χ0v) is 13.1. The summed E-state index contributed by atoms with van der Waals surface area (Å²) in [5.41, 5.74) is 1.87. The quantitative estimate of drug-likeness (QED) is 0.717. The van der Waals surface area contributed by atoms with Crippen LogP contribution in [0.25, 0.3) is 10.9 Å². The third-order valence-electron chi connectivity index (χ3n) is 3.54. The Labute approximate surface area is 135 Å². The number of aromatic nitrogens is 1. The first kappa shape index (κ1) is 18.3. The average Bonchev–Trinajstić information content (AvgIpc) is 2.90. The number of carbonyl (C=O) groups is 1. The van der Waals surface area contributed by atoms with E-state index in [4.69, 9.17) is 9.90 Å². The highest BCUT2D eigenvalue weighted by molar-refractivity contribution is 7.91. The molecule has 3 rings (SSSR count). The number of sulfone groups is 1. The van der Waals surface area contributed by atoms with E-state index in [2.05, 4.69) is 10.3 Å². The minimum Gasteiger partial charge on any atom is -0.475 e. The SMILES string of the molecule is O=C(O)C(F)(F)F.O=S1(=O)CCNCC1c1c[nH]c2ccccc12. The fourth-order valence-electron chi connectivity index (χ4n) is 2.38. The number of rotatable bonds is 1. The molecule has 2 heterocycles. The minimum absolute atomic E-state index is 0.219. The number of nitrogens with one attached hydrogen (secondary N) is 2. The summed E-state index contributed by atoms with van der Waals surface area (Å²) < 4.78 is 55.9. The smallest absolute Gasteiger partial charge is 0.475 e. The van der Waals surface area contributed by atoms with Gasteiger partial charge in [-0.15, -0.1) is 0 Å². The molecule has 0 amide bonds. The third-order valence-corrected chi connectivity index (χ3v) is 5.60. The summed E-state index contributed by atoms with van der Waals surface area (Å²) in [6.07, 6.45) is -3.26. The first-order valence-corrected chi connectivity index (χ1v) is 8.63. The van der Waals surface area contributed by atoms with Gasteiger partial charge in [0.25, 0.3) is 0 Å². The van der Waals surface area contributed by atoms with E-state index in [9.17, 15) is 21.6 Å². The van der Waals surface area contributed by atoms with Crippen molar-refractivity contribution >= 4 is 26.7 Å². The van der Waals surface area contributed by atoms with E-state index in [-0.39, 0.29) is 5.75 Å². The zero-order chi connectivity index (χ0) is 18.0. The summed E-state index contributed by atoms with van der Waals surface area (Å²) in [5.74, 6) is -2.54. The topological polar surface area (TPSA) is 99.3 Å². The van der Waals surface area contributed by atoms with Crippen LogP contribution in [-0.4, -0.2) is 49.5 Å². The Kier molecular flexibility index (Phi) is 5.19. The lowest BCUT2D eigenvalue weighted by molar-refractivity contribution is -0.192. The molecule has 0 spiro atoms. The number of halogens is 3. The lowest BCUT2D eigenvalue weighted by atomic mass is 10.1. The molecule has 6 nitrogen and oxygen atoms in total. The van der Waals surface area contributed by atoms with E-state index in [0.29, 0.717) is 13.1 Å². The number of carboxylic acid groups (broad SMARTS) is 1. The number of alkyl halides is 3. The Bertz CT molecular complexity index is 830. The molecule has 0 bridgehead atoms. The standard InChI is InChI=1S/C12H14N2O2S.C2HF3O2/c15-17(16)6-5-13-8-12(17)10-7-14-11-4-2-1-3-9(10)11;3-2(4,5)1(6)7/h1-4,7,12-14H,5-6,8H2;(H,6,7). The summed E-state index contributed by atoms with van der Waals surface area (Å²) in [6.45, 7) is 1.06. The third kappa shape index (κ3) is 4.06. The number of para-hydroxylation sites is 1. The maximum absolute atomic E-state index is 12.1. The second-order valence-corrected chi connectivity index (χ2v) is 7.46. The maximum Gasteiger partial charge on any atom is 0.490 e. The van der Waals surface area contributed by atoms with E-state index >= 15 is 0 Å². The molecule has 1 saturated heterocycles. The van der Waals surface area contributed by atoms with Gasteiger partial charge in [-0.25, -0.2) is 13.2 Å². The highest BCUT2D eigenvalue weighted by Gasteiger charge is 2.38. The predicted octanol–water partition coefficient (Wildman–Crippen LogP) is 1.86. The monoisotopic (exact) mass is 364 g/mol. The van der Waals surface area contributed by atoms with Crippen LogP contribution < -0.4 is 5.32 Å². The van der Waals surface area contributed by atoms with Gasteiger partial charge in [0.15, 0.2) is 9.84 Å². The molecule has 2 aromatic rings. The largest absolute Gasteiger partial charge is 0.490 e. The molecule has 1 aromatic carbocycles. The number of aliphatic carboxylic acids is 1. The Morgan fingerprint density at radius 3 is 2.46 bits per heavy atom. The molecule has 3 N–H and O–H groups in total. The molecule has 1 atom stereocenters. The predicted molar refractivity (Wildman–Crippen MR) is 81.4 cm³/mol. The van der Waals surface area contributed by atoms with Crippen molar-refractivity contribution in [3.05, 3.63) is 36.0 Å². The Morgan fingerprint density at radius 2 is 1.88 bits per heavy atom. The van der Waals surface area contributed by atoms with Crippen LogP contribution in [0.4, 0.5) is 13.2 Å². The second kappa shape index (κ2) is 6.81. The molecule has 0 radical (unpaired) electrons. The number of fused-ring (bicyclic) bond motifs is 1. The van der Waals surface area contributed by atoms with Crippen molar-refractivity contribution in [1.29, 1.82) is 0 Å². The molecule has 132 valence electrons. The van der Waals surface area contributed by atoms with Crippen molar-refractivity contribution in [3.63, 3.8) is 0 Å². The van der Waals surface area contributed by atoms with Gasteiger partial charge in [-0.05, 0) is 11.6 Å². The van der Waals surface area contributed by atoms with Gasteiger partial charge in [0.2, 0.25) is 0 Å². The van der Waals surface area contributed by atoms with Gasteiger partial charge in [-0.2, -0.15) is 13.2 Å². The fraction of sp³-hybridized carbons (Fsp3) is 0.357. The summed E-state index contributed by atoms with van der Waals surface area (Å²) in [4.78, 5) is 12.0. The van der Waals surface area contributed by atoms with Gasteiger partial charge in [0.05, 0.1) is 5.75 Å². The normalized spacial score (nSPS) is 20.2. The summed E-state index contributed by atoms with van der Waals surface area (Å²) >= 11 is 0. The fourth-order valence-corrected chi connectivity index (χ4v) is 4.05. The first-order chi connectivity index (χ1) is 11.1. The Hall–Kier alpha value is -2.07. The Balaban J connectivity index is 0.000000256. The van der Waals surface area contributed by atoms with Gasteiger partial charge in [0, 0.05) is 30.2 Å². The Morgan fingerprint density at radius 1 is 1.25 bits per heavy atom. The molecule has 1 aliphatic heterocycles. The average molecular weight is 364 g/mol. The van der Waals surface area contributed by atoms with E-state index in [1.807, 2.05) is 30.5 Å². The van der Waals surface area contributed by atoms with Crippen LogP contribution in [0.15, 0.2) is 30.5 Å². The molecule has 10 heteroatoms. The molecule has 1 fully saturated rings. The van der Waals surface area contributed by atoms with Gasteiger partial charge in [-0.1, -0.05) is 18.2 Å². The molecule has 1 aromatic heterocycles. The van der Waals surface area contributed by atoms with E-state index in [0.717, 1.165) is 16.5 Å². The number of aromatic amines is 1. The molecule has 1 aliphatic rings. The number of H-pyrrole nitrogens is 1. The van der Waals surface area contributed by atoms with Crippen LogP contribution in [0.1, 0.15) is 10.8 Å². The van der Waals surface area contributed by atoms with Crippen LogP contribution in [0.2, 0.25) is 0 Å². The van der Waals surface area contributed by atoms with Crippen molar-refractivity contribution in [2.45, 2.75) is 11.4 Å². The van der Waals surface area contributed by atoms with Crippen LogP contribution >= 0.6 is 0 Å². The van der Waals surface area contributed by atoms with Gasteiger partial charge in [0.1, 0.15) is 5.25 Å². The minimum atomic E-state index is -5.08. The van der Waals surface area contributed by atoms with Crippen LogP contribution in [0.3, 0.4) is 0 Å². The maximum atomic E-state index is 12.1. The summed E-state index contributed by atoms with van der Waals surface area (Å²) in [5, 5.41) is 10.9. The highest BCUT2D eigenvalue weighted by atomic mass is 32.2. The van der Waals surface area contributed by atoms with Gasteiger partial charge in [-0.3, -0.25) is 0 Å². The molecule has 24 heavy (non-hydrogen) atoms. The van der Waals surface area contributed by atoms with E-state index in [1.165, 1.54) is 0 Å². The molecular formula is C14H15F3N2O4S. The molecular weight excluding hydrogens is 349 g/mol. The van der Waals surface area contributed by atoms with Crippen molar-refractivity contribution in [2.75, 3.05) is 18.8 Å². The summed E-state index contributed by atoms with van der Waals surface area (Å²) in [7, 11) is -3.02. The molecule has 0 saturated carbocycles. The highest BCUT2D eigenvalue weighted by Crippen LogP contribution is 2.30. The van der Waals surface area contributed by atoms with Gasteiger partial charge < -0.3 is 15.4 Å². The van der Waals surface area contributed by atoms with Gasteiger partial charge >= 0.3 is 12.1 Å².